The highest BCUT2D eigenvalue weighted by atomic mass is 35.5. The highest BCUT2D eigenvalue weighted by Gasteiger charge is 2.09. The van der Waals surface area contributed by atoms with Gasteiger partial charge in [0, 0.05) is 34.3 Å². The van der Waals surface area contributed by atoms with Gasteiger partial charge in [-0.3, -0.25) is 4.79 Å². The molecule has 0 atom stereocenters. The first-order valence-electron chi connectivity index (χ1n) is 8.69. The van der Waals surface area contributed by atoms with Crippen molar-refractivity contribution < 1.29 is 13.9 Å². The van der Waals surface area contributed by atoms with Crippen molar-refractivity contribution in [2.24, 2.45) is 0 Å². The van der Waals surface area contributed by atoms with Gasteiger partial charge in [0.25, 0.3) is 5.91 Å². The first-order valence-corrected chi connectivity index (χ1v) is 9.44. The first kappa shape index (κ1) is 20.7. The van der Waals surface area contributed by atoms with E-state index in [0.717, 1.165) is 5.56 Å². The van der Waals surface area contributed by atoms with Crippen LogP contribution in [0.1, 0.15) is 6.42 Å². The zero-order valence-corrected chi connectivity index (χ0v) is 16.8. The molecule has 2 N–H and O–H groups in total. The molecule has 0 spiro atoms. The van der Waals surface area contributed by atoms with E-state index in [4.69, 9.17) is 32.4 Å². The molecule has 0 bridgehead atoms. The number of carbonyl (C=O) groups is 1. The van der Waals surface area contributed by atoms with E-state index >= 15 is 0 Å². The average molecular weight is 433 g/mol. The van der Waals surface area contributed by atoms with Crippen LogP contribution in [-0.2, 0) is 4.79 Å². The second-order valence-corrected chi connectivity index (χ2v) is 6.86. The zero-order valence-electron chi connectivity index (χ0n) is 15.3. The maximum atomic E-state index is 11.8. The molecule has 9 heteroatoms. The van der Waals surface area contributed by atoms with Gasteiger partial charge in [-0.25, -0.2) is 0 Å². The molecular weight excluding hydrogens is 415 g/mol. The summed E-state index contributed by atoms with van der Waals surface area (Å²) in [5.41, 5.74) is 1.38. The van der Waals surface area contributed by atoms with Crippen LogP contribution in [0.2, 0.25) is 10.0 Å². The number of rotatable bonds is 9. The Morgan fingerprint density at radius 2 is 1.69 bits per heavy atom. The van der Waals surface area contributed by atoms with Crippen molar-refractivity contribution in [1.29, 1.82) is 0 Å². The molecule has 3 aromatic rings. The maximum absolute atomic E-state index is 11.8. The van der Waals surface area contributed by atoms with Gasteiger partial charge in [-0.15, -0.1) is 5.10 Å². The molecule has 0 radical (unpaired) electrons. The number of hydrogen-bond donors (Lipinski definition) is 2. The van der Waals surface area contributed by atoms with Gasteiger partial charge in [-0.1, -0.05) is 34.9 Å². The largest absolute Gasteiger partial charge is 0.484 e. The molecular formula is C20H18Cl2N4O3. The van der Waals surface area contributed by atoms with Crippen LogP contribution in [0.3, 0.4) is 0 Å². The van der Waals surface area contributed by atoms with Gasteiger partial charge in [0.1, 0.15) is 5.75 Å². The summed E-state index contributed by atoms with van der Waals surface area (Å²) in [5, 5.41) is 14.8. The second kappa shape index (κ2) is 9.95. The number of nitrogens with zero attached hydrogens (tertiary/aromatic N) is 2. The molecule has 0 aliphatic rings. The van der Waals surface area contributed by atoms with Gasteiger partial charge in [-0.2, -0.15) is 0 Å². The molecule has 0 unspecified atom stereocenters. The quantitative estimate of drug-likeness (QED) is 0.515. The summed E-state index contributed by atoms with van der Waals surface area (Å²) in [6.07, 6.45) is 0.478. The van der Waals surface area contributed by atoms with E-state index < -0.39 is 0 Å². The molecule has 1 heterocycles. The summed E-state index contributed by atoms with van der Waals surface area (Å²) in [4.78, 5) is 11.8. The van der Waals surface area contributed by atoms with E-state index in [1.165, 1.54) is 0 Å². The van der Waals surface area contributed by atoms with Crippen molar-refractivity contribution in [2.45, 2.75) is 6.42 Å². The molecule has 7 nitrogen and oxygen atoms in total. The third-order valence-corrected chi connectivity index (χ3v) is 4.24. The van der Waals surface area contributed by atoms with Gasteiger partial charge in [0.05, 0.1) is 0 Å². The number of halogens is 2. The van der Waals surface area contributed by atoms with Crippen LogP contribution in [0, 0.1) is 0 Å². The van der Waals surface area contributed by atoms with Gasteiger partial charge in [-0.05, 0) is 48.5 Å². The lowest BCUT2D eigenvalue weighted by Crippen LogP contribution is -2.30. The monoisotopic (exact) mass is 432 g/mol. The highest BCUT2D eigenvalue weighted by Crippen LogP contribution is 2.22. The number of nitrogens with one attached hydrogen (secondary N) is 2. The maximum Gasteiger partial charge on any atom is 0.320 e. The normalized spacial score (nSPS) is 10.4. The van der Waals surface area contributed by atoms with Crippen molar-refractivity contribution in [1.82, 2.24) is 15.5 Å². The summed E-state index contributed by atoms with van der Waals surface area (Å²) >= 11 is 11.7. The van der Waals surface area contributed by atoms with E-state index in [-0.39, 0.29) is 18.5 Å². The van der Waals surface area contributed by atoms with E-state index in [2.05, 4.69) is 27.4 Å². The molecule has 0 saturated carbocycles. The summed E-state index contributed by atoms with van der Waals surface area (Å²) in [5.74, 6) is 0.698. The summed E-state index contributed by atoms with van der Waals surface area (Å²) < 4.78 is 10.9. The summed E-state index contributed by atoms with van der Waals surface area (Å²) in [6.45, 7) is 4.18. The molecule has 0 saturated heterocycles. The zero-order chi connectivity index (χ0) is 20.6. The van der Waals surface area contributed by atoms with Crippen LogP contribution < -0.4 is 15.4 Å². The van der Waals surface area contributed by atoms with Crippen LogP contribution in [0.5, 0.6) is 5.75 Å². The standard InChI is InChI=1S/C20H18Cl2N4O3/c1-13(10-11-23-18(27)12-28-17-8-6-16(22)7-9-17)24-20-26-25-19(29-20)14-2-4-15(21)5-3-14/h2-9H,1,10-12H2,(H,23,27)(H,24,26). The van der Waals surface area contributed by atoms with E-state index in [0.29, 0.717) is 40.3 Å². The minimum absolute atomic E-state index is 0.0877. The first-order chi connectivity index (χ1) is 14.0. The lowest BCUT2D eigenvalue weighted by atomic mass is 10.2. The molecule has 1 amide bonds. The second-order valence-electron chi connectivity index (χ2n) is 5.99. The molecule has 3 rings (SSSR count). The van der Waals surface area contributed by atoms with Crippen LogP contribution in [0.15, 0.2) is 65.2 Å². The molecule has 29 heavy (non-hydrogen) atoms. The predicted molar refractivity (Wildman–Crippen MR) is 112 cm³/mol. The van der Waals surface area contributed by atoms with Crippen molar-refractivity contribution >= 4 is 35.1 Å². The van der Waals surface area contributed by atoms with E-state index in [1.807, 2.05) is 0 Å². The predicted octanol–water partition coefficient (Wildman–Crippen LogP) is 4.55. The lowest BCUT2D eigenvalue weighted by molar-refractivity contribution is -0.123. The average Bonchev–Trinajstić information content (AvgIpc) is 3.16. The van der Waals surface area contributed by atoms with Crippen molar-refractivity contribution in [3.05, 3.63) is 70.9 Å². The molecule has 0 aliphatic heterocycles. The number of carbonyl (C=O) groups excluding carboxylic acids is 1. The number of hydrogen-bond acceptors (Lipinski definition) is 6. The number of benzene rings is 2. The SMILES string of the molecule is C=C(CCNC(=O)COc1ccc(Cl)cc1)Nc1nnc(-c2ccc(Cl)cc2)o1. The summed E-state index contributed by atoms with van der Waals surface area (Å²) in [7, 11) is 0. The fourth-order valence-electron chi connectivity index (χ4n) is 2.28. The van der Waals surface area contributed by atoms with Crippen LogP contribution in [0.25, 0.3) is 11.5 Å². The Hall–Kier alpha value is -3.03. The fraction of sp³-hybridized carbons (Fsp3) is 0.150. The minimum Gasteiger partial charge on any atom is -0.484 e. The Morgan fingerprint density at radius 1 is 1.03 bits per heavy atom. The Morgan fingerprint density at radius 3 is 2.38 bits per heavy atom. The number of ether oxygens (including phenoxy) is 1. The topological polar surface area (TPSA) is 89.3 Å². The van der Waals surface area contributed by atoms with Gasteiger partial charge in [0.2, 0.25) is 5.89 Å². The molecule has 1 aromatic heterocycles. The van der Waals surface area contributed by atoms with E-state index in [9.17, 15) is 4.79 Å². The molecule has 0 aliphatic carbocycles. The minimum atomic E-state index is -0.240. The van der Waals surface area contributed by atoms with E-state index in [1.54, 1.807) is 48.5 Å². The van der Waals surface area contributed by atoms with Gasteiger partial charge in [0.15, 0.2) is 6.61 Å². The Labute approximate surface area is 177 Å². The fourth-order valence-corrected chi connectivity index (χ4v) is 2.53. The molecule has 2 aromatic carbocycles. The van der Waals surface area contributed by atoms with Crippen LogP contribution >= 0.6 is 23.2 Å². The summed E-state index contributed by atoms with van der Waals surface area (Å²) in [6, 6.07) is 14.1. The smallest absolute Gasteiger partial charge is 0.320 e. The lowest BCUT2D eigenvalue weighted by Gasteiger charge is -2.09. The van der Waals surface area contributed by atoms with Crippen molar-refractivity contribution in [3.8, 4) is 17.2 Å². The highest BCUT2D eigenvalue weighted by molar-refractivity contribution is 6.30. The number of aromatic nitrogens is 2. The number of anilines is 1. The van der Waals surface area contributed by atoms with Gasteiger partial charge < -0.3 is 19.8 Å². The Bertz CT molecular complexity index is 972. The van der Waals surface area contributed by atoms with Crippen LogP contribution in [-0.4, -0.2) is 29.3 Å². The molecule has 0 fully saturated rings. The third kappa shape index (κ3) is 6.51. The third-order valence-electron chi connectivity index (χ3n) is 3.73. The Kier molecular flexibility index (Phi) is 7.10. The molecule has 150 valence electrons. The Balaban J connectivity index is 1.38. The van der Waals surface area contributed by atoms with Crippen molar-refractivity contribution in [3.63, 3.8) is 0 Å². The van der Waals surface area contributed by atoms with Crippen molar-refractivity contribution in [2.75, 3.05) is 18.5 Å². The number of amides is 1. The van der Waals surface area contributed by atoms with Gasteiger partial charge >= 0.3 is 6.01 Å². The van der Waals surface area contributed by atoms with Crippen LogP contribution in [0.4, 0.5) is 6.01 Å².